The summed E-state index contributed by atoms with van der Waals surface area (Å²) in [4.78, 5) is 4.77. The normalized spacial score (nSPS) is 16.8. The number of nitrogens with zero attached hydrogens (tertiary/aromatic N) is 2. The van der Waals surface area contributed by atoms with E-state index in [1.807, 2.05) is 48.9 Å². The minimum Gasteiger partial charge on any atom is -0.492 e. The molecule has 0 saturated carbocycles. The Kier molecular flexibility index (Phi) is 6.24. The monoisotopic (exact) mass is 530 g/mol. The lowest BCUT2D eigenvalue weighted by Crippen LogP contribution is -2.37. The van der Waals surface area contributed by atoms with Gasteiger partial charge in [-0.2, -0.15) is 0 Å². The lowest BCUT2D eigenvalue weighted by atomic mass is 9.77. The van der Waals surface area contributed by atoms with Gasteiger partial charge in [-0.3, -0.25) is 0 Å². The van der Waals surface area contributed by atoms with E-state index in [9.17, 15) is 5.11 Å². The van der Waals surface area contributed by atoms with Crippen LogP contribution in [-0.2, 0) is 20.8 Å². The Hall–Kier alpha value is -4.23. The van der Waals surface area contributed by atoms with Crippen molar-refractivity contribution < 1.29 is 19.3 Å². The smallest absolute Gasteiger partial charge is 0.201 e. The minimum absolute atomic E-state index is 0.449. The van der Waals surface area contributed by atoms with Crippen molar-refractivity contribution >= 4 is 0 Å². The third-order valence-electron chi connectivity index (χ3n) is 8.03. The highest BCUT2D eigenvalue weighted by molar-refractivity contribution is 5.52. The Morgan fingerprint density at radius 2 is 1.30 bits per heavy atom. The molecule has 0 aliphatic carbocycles. The molecule has 5 aromatic rings. The van der Waals surface area contributed by atoms with Gasteiger partial charge in [0, 0.05) is 18.2 Å². The van der Waals surface area contributed by atoms with Crippen molar-refractivity contribution in [1.82, 2.24) is 9.55 Å². The summed E-state index contributed by atoms with van der Waals surface area (Å²) >= 11 is 0. The number of imidazole rings is 1. The van der Waals surface area contributed by atoms with Crippen LogP contribution in [0.25, 0.3) is 0 Å². The van der Waals surface area contributed by atoms with Gasteiger partial charge in [0.15, 0.2) is 0 Å². The Balaban J connectivity index is 1.38. The molecule has 200 valence electrons. The summed E-state index contributed by atoms with van der Waals surface area (Å²) in [5, 5.41) is 11.7. The summed E-state index contributed by atoms with van der Waals surface area (Å²) in [5.41, 5.74) is 4.54. The van der Waals surface area contributed by atoms with Gasteiger partial charge < -0.3 is 23.9 Å². The lowest BCUT2D eigenvalue weighted by molar-refractivity contribution is -0.183. The summed E-state index contributed by atoms with van der Waals surface area (Å²) in [6, 6.07) is 37.0. The van der Waals surface area contributed by atoms with E-state index in [-0.39, 0.29) is 0 Å². The van der Waals surface area contributed by atoms with Gasteiger partial charge in [-0.15, -0.1) is 0 Å². The lowest BCUT2D eigenvalue weighted by Gasteiger charge is -2.37. The number of hydrogen-bond donors (Lipinski definition) is 1. The van der Waals surface area contributed by atoms with Crippen LogP contribution in [0.15, 0.2) is 122 Å². The number of aliphatic hydroxyl groups excluding tert-OH is 1. The van der Waals surface area contributed by atoms with Crippen LogP contribution in [-0.4, -0.2) is 34.5 Å². The van der Waals surface area contributed by atoms with Crippen LogP contribution in [0.2, 0.25) is 0 Å². The first-order valence-electron chi connectivity index (χ1n) is 13.7. The molecular formula is C34H30N2O4. The zero-order valence-electron chi connectivity index (χ0n) is 22.0. The maximum Gasteiger partial charge on any atom is 0.201 e. The SMILES string of the molecule is OC(c1cn(C(c2ccccc2)(c2ccccc2)c2ccccc2)cn1)c1cccc2c1OCCC21OCCO1. The molecule has 6 nitrogen and oxygen atoms in total. The topological polar surface area (TPSA) is 65.7 Å². The van der Waals surface area contributed by atoms with E-state index >= 15 is 0 Å². The van der Waals surface area contributed by atoms with E-state index < -0.39 is 17.4 Å². The molecule has 1 saturated heterocycles. The Morgan fingerprint density at radius 1 is 0.725 bits per heavy atom. The number of benzene rings is 4. The van der Waals surface area contributed by atoms with Crippen molar-refractivity contribution in [2.24, 2.45) is 0 Å². The molecule has 40 heavy (non-hydrogen) atoms. The van der Waals surface area contributed by atoms with Crippen molar-refractivity contribution in [3.8, 4) is 5.75 Å². The molecule has 0 radical (unpaired) electrons. The van der Waals surface area contributed by atoms with E-state index in [4.69, 9.17) is 19.2 Å². The average molecular weight is 531 g/mol. The third-order valence-corrected chi connectivity index (χ3v) is 8.03. The predicted octanol–water partition coefficient (Wildman–Crippen LogP) is 5.79. The van der Waals surface area contributed by atoms with Gasteiger partial charge >= 0.3 is 0 Å². The van der Waals surface area contributed by atoms with Gasteiger partial charge in [0.2, 0.25) is 5.79 Å². The van der Waals surface area contributed by atoms with Gasteiger partial charge in [0.25, 0.3) is 0 Å². The van der Waals surface area contributed by atoms with Crippen molar-refractivity contribution in [2.75, 3.05) is 19.8 Å². The molecule has 1 N–H and O–H groups in total. The number of fused-ring (bicyclic) bond motifs is 2. The number of para-hydroxylation sites is 1. The quantitative estimate of drug-likeness (QED) is 0.282. The van der Waals surface area contributed by atoms with Crippen LogP contribution < -0.4 is 4.74 Å². The van der Waals surface area contributed by atoms with Crippen molar-refractivity contribution in [3.63, 3.8) is 0 Å². The molecule has 3 heterocycles. The molecule has 2 aliphatic heterocycles. The number of aromatic nitrogens is 2. The van der Waals surface area contributed by atoms with Gasteiger partial charge in [-0.1, -0.05) is 103 Å². The molecular weight excluding hydrogens is 500 g/mol. The molecule has 4 aromatic carbocycles. The first-order valence-corrected chi connectivity index (χ1v) is 13.7. The molecule has 0 bridgehead atoms. The highest BCUT2D eigenvalue weighted by Crippen LogP contribution is 2.47. The van der Waals surface area contributed by atoms with Crippen LogP contribution in [0.4, 0.5) is 0 Å². The van der Waals surface area contributed by atoms with Crippen LogP contribution in [0.3, 0.4) is 0 Å². The highest BCUT2D eigenvalue weighted by atomic mass is 16.7. The maximum atomic E-state index is 11.7. The second-order valence-electron chi connectivity index (χ2n) is 10.2. The first kappa shape index (κ1) is 24.8. The fourth-order valence-electron chi connectivity index (χ4n) is 6.22. The maximum absolute atomic E-state index is 11.7. The van der Waals surface area contributed by atoms with E-state index in [2.05, 4.69) is 77.4 Å². The summed E-state index contributed by atoms with van der Waals surface area (Å²) in [7, 11) is 0. The molecule has 1 unspecified atom stereocenters. The van der Waals surface area contributed by atoms with Gasteiger partial charge in [0.05, 0.1) is 37.4 Å². The van der Waals surface area contributed by atoms with E-state index in [0.717, 1.165) is 22.3 Å². The molecule has 6 heteroatoms. The molecule has 2 aliphatic rings. The fraction of sp³-hybridized carbons (Fsp3) is 0.206. The average Bonchev–Trinajstić information content (AvgIpc) is 3.70. The highest BCUT2D eigenvalue weighted by Gasteiger charge is 2.45. The van der Waals surface area contributed by atoms with Crippen molar-refractivity contribution in [3.05, 3.63) is 155 Å². The van der Waals surface area contributed by atoms with Gasteiger partial charge in [0.1, 0.15) is 17.4 Å². The molecule has 1 fully saturated rings. The summed E-state index contributed by atoms with van der Waals surface area (Å²) in [6.07, 6.45) is 3.36. The third kappa shape index (κ3) is 3.87. The molecule has 1 atom stereocenters. The summed E-state index contributed by atoms with van der Waals surface area (Å²) < 4.78 is 20.3. The number of hydrogen-bond acceptors (Lipinski definition) is 5. The second kappa shape index (κ2) is 10.1. The minimum atomic E-state index is -1.01. The van der Waals surface area contributed by atoms with Crippen molar-refractivity contribution in [1.29, 1.82) is 0 Å². The summed E-state index contributed by atoms with van der Waals surface area (Å²) in [6.45, 7) is 1.53. The Morgan fingerprint density at radius 3 is 1.88 bits per heavy atom. The molecule has 1 spiro atoms. The van der Waals surface area contributed by atoms with Crippen LogP contribution in [0.5, 0.6) is 5.75 Å². The zero-order valence-corrected chi connectivity index (χ0v) is 22.0. The largest absolute Gasteiger partial charge is 0.492 e. The fourth-order valence-corrected chi connectivity index (χ4v) is 6.22. The van der Waals surface area contributed by atoms with E-state index in [0.29, 0.717) is 43.2 Å². The van der Waals surface area contributed by atoms with Crippen molar-refractivity contribution in [2.45, 2.75) is 23.9 Å². The Bertz CT molecular complexity index is 1500. The number of rotatable bonds is 6. The standard InChI is InChI=1S/C34H30N2O4/c37-31(28-17-10-18-29-32(28)38-20-19-33(29)39-21-22-40-33)30-23-36(24-35-30)34(25-11-4-1-5-12-25,26-13-6-2-7-14-26)27-15-8-3-9-16-27/h1-18,23-24,31,37H,19-22H2. The van der Waals surface area contributed by atoms with E-state index in [1.165, 1.54) is 0 Å². The second-order valence-corrected chi connectivity index (χ2v) is 10.2. The summed E-state index contributed by atoms with van der Waals surface area (Å²) in [5.74, 6) is -0.204. The predicted molar refractivity (Wildman–Crippen MR) is 151 cm³/mol. The molecule has 7 rings (SSSR count). The Labute approximate surface area is 233 Å². The van der Waals surface area contributed by atoms with Crippen LogP contribution in [0.1, 0.15) is 46.0 Å². The molecule has 1 aromatic heterocycles. The first-order chi connectivity index (χ1) is 19.7. The number of aliphatic hydroxyl groups is 1. The zero-order chi connectivity index (χ0) is 27.0. The van der Waals surface area contributed by atoms with Gasteiger partial charge in [-0.25, -0.2) is 4.98 Å². The van der Waals surface area contributed by atoms with Crippen LogP contribution in [0, 0.1) is 0 Å². The van der Waals surface area contributed by atoms with Crippen LogP contribution >= 0.6 is 0 Å². The number of ether oxygens (including phenoxy) is 3. The van der Waals surface area contributed by atoms with E-state index in [1.54, 1.807) is 0 Å². The van der Waals surface area contributed by atoms with Gasteiger partial charge in [-0.05, 0) is 22.8 Å². The molecule has 0 amide bonds.